The predicted octanol–water partition coefficient (Wildman–Crippen LogP) is 2.79. The second-order valence-electron chi connectivity index (χ2n) is 1.87. The van der Waals surface area contributed by atoms with E-state index in [0.29, 0.717) is 5.75 Å². The topological polar surface area (TPSA) is 20.2 Å². The molecule has 0 saturated heterocycles. The van der Waals surface area contributed by atoms with E-state index in [2.05, 4.69) is 9.24 Å². The van der Waals surface area contributed by atoms with Gasteiger partial charge in [-0.1, -0.05) is 26.0 Å². The highest BCUT2D eigenvalue weighted by Crippen LogP contribution is 2.11. The van der Waals surface area contributed by atoms with Crippen LogP contribution in [0.3, 0.4) is 0 Å². The Labute approximate surface area is 70.7 Å². The van der Waals surface area contributed by atoms with Crippen LogP contribution in [0.4, 0.5) is 0 Å². The minimum atomic E-state index is 0.331. The molecule has 62 valence electrons. The molecule has 1 unspecified atom stereocenters. The summed E-state index contributed by atoms with van der Waals surface area (Å²) in [6.07, 6.45) is 0.945. The lowest BCUT2D eigenvalue weighted by Crippen LogP contribution is -1.72. The first kappa shape index (κ1) is 10.4. The normalized spacial score (nSPS) is 8.27. The number of phenols is 1. The van der Waals surface area contributed by atoms with Crippen molar-refractivity contribution in [2.75, 3.05) is 0 Å². The maximum Gasteiger partial charge on any atom is 0.115 e. The minimum absolute atomic E-state index is 0.331. The van der Waals surface area contributed by atoms with Gasteiger partial charge < -0.3 is 5.11 Å². The molecule has 1 nitrogen and oxygen atoms in total. The Bertz CT molecular complexity index is 181. The first-order valence-electron chi connectivity index (χ1n) is 3.81. The van der Waals surface area contributed by atoms with Crippen molar-refractivity contribution >= 4 is 9.24 Å². The summed E-state index contributed by atoms with van der Waals surface area (Å²) in [7, 11) is 2.63. The van der Waals surface area contributed by atoms with Crippen LogP contribution in [0.2, 0.25) is 0 Å². The van der Waals surface area contributed by atoms with Gasteiger partial charge in [0, 0.05) is 0 Å². The van der Waals surface area contributed by atoms with E-state index in [1.54, 1.807) is 12.1 Å². The molecule has 0 spiro atoms. The first-order valence-corrected chi connectivity index (χ1v) is 4.62. The maximum atomic E-state index is 8.85. The van der Waals surface area contributed by atoms with E-state index in [-0.39, 0.29) is 0 Å². The van der Waals surface area contributed by atoms with E-state index in [1.165, 1.54) is 5.56 Å². The fourth-order valence-electron chi connectivity index (χ4n) is 0.632. The summed E-state index contributed by atoms with van der Waals surface area (Å²) in [6, 6.07) is 7.20. The van der Waals surface area contributed by atoms with Gasteiger partial charge in [-0.05, 0) is 23.9 Å². The molecule has 1 aromatic carbocycles. The highest BCUT2D eigenvalue weighted by Gasteiger charge is 1.86. The molecule has 0 radical (unpaired) electrons. The number of rotatable bonds is 1. The van der Waals surface area contributed by atoms with Crippen LogP contribution in [-0.4, -0.2) is 5.11 Å². The van der Waals surface area contributed by atoms with Crippen molar-refractivity contribution in [3.8, 4) is 5.75 Å². The molecule has 0 heterocycles. The van der Waals surface area contributed by atoms with Crippen LogP contribution in [0.25, 0.3) is 0 Å². The van der Waals surface area contributed by atoms with Gasteiger partial charge in [-0.3, -0.25) is 0 Å². The minimum Gasteiger partial charge on any atom is -0.508 e. The molecule has 0 aromatic heterocycles. The van der Waals surface area contributed by atoms with E-state index in [9.17, 15) is 0 Å². The summed E-state index contributed by atoms with van der Waals surface area (Å²) >= 11 is 0. The number of phenolic OH excluding ortho intramolecular Hbond substituents is 1. The maximum absolute atomic E-state index is 8.85. The van der Waals surface area contributed by atoms with Crippen molar-refractivity contribution in [1.82, 2.24) is 0 Å². The number of hydrogen-bond donors (Lipinski definition) is 1. The van der Waals surface area contributed by atoms with Crippen LogP contribution in [0.5, 0.6) is 5.75 Å². The standard InChI is InChI=1S/C7H9OP.C2H6/c8-7-3-1-6(5-9)2-4-7;1-2/h1-4,8H,5,9H2;1-2H3. The molecule has 0 bridgehead atoms. The van der Waals surface area contributed by atoms with E-state index in [1.807, 2.05) is 26.0 Å². The Morgan fingerprint density at radius 1 is 1.18 bits per heavy atom. The molecule has 0 saturated carbocycles. The van der Waals surface area contributed by atoms with E-state index >= 15 is 0 Å². The molecule has 0 fully saturated rings. The van der Waals surface area contributed by atoms with Crippen molar-refractivity contribution < 1.29 is 5.11 Å². The fourth-order valence-corrected chi connectivity index (χ4v) is 0.904. The van der Waals surface area contributed by atoms with Gasteiger partial charge in [0.25, 0.3) is 0 Å². The van der Waals surface area contributed by atoms with Crippen LogP contribution in [0, 0.1) is 0 Å². The van der Waals surface area contributed by atoms with Crippen LogP contribution in [-0.2, 0) is 6.16 Å². The quantitative estimate of drug-likeness (QED) is 0.642. The summed E-state index contributed by atoms with van der Waals surface area (Å²) in [5, 5.41) is 8.85. The lowest BCUT2D eigenvalue weighted by molar-refractivity contribution is 0.475. The van der Waals surface area contributed by atoms with Crippen molar-refractivity contribution in [3.05, 3.63) is 29.8 Å². The van der Waals surface area contributed by atoms with Crippen LogP contribution >= 0.6 is 9.24 Å². The molecule has 0 aliphatic heterocycles. The Morgan fingerprint density at radius 2 is 1.64 bits per heavy atom. The highest BCUT2D eigenvalue weighted by molar-refractivity contribution is 7.15. The largest absolute Gasteiger partial charge is 0.508 e. The summed E-state index contributed by atoms with van der Waals surface area (Å²) in [4.78, 5) is 0. The van der Waals surface area contributed by atoms with Crippen LogP contribution in [0.1, 0.15) is 19.4 Å². The van der Waals surface area contributed by atoms with Gasteiger partial charge in [0.1, 0.15) is 5.75 Å². The Balaban J connectivity index is 0.000000461. The van der Waals surface area contributed by atoms with E-state index in [0.717, 1.165) is 6.16 Å². The Morgan fingerprint density at radius 3 is 2.00 bits per heavy atom. The summed E-state index contributed by atoms with van der Waals surface area (Å²) in [5.41, 5.74) is 1.22. The zero-order chi connectivity index (χ0) is 8.69. The van der Waals surface area contributed by atoms with Crippen molar-refractivity contribution in [2.45, 2.75) is 20.0 Å². The molecule has 2 heteroatoms. The molecule has 0 aliphatic carbocycles. The van der Waals surface area contributed by atoms with Crippen molar-refractivity contribution in [1.29, 1.82) is 0 Å². The van der Waals surface area contributed by atoms with Crippen molar-refractivity contribution in [2.24, 2.45) is 0 Å². The third kappa shape index (κ3) is 4.00. The van der Waals surface area contributed by atoms with Gasteiger partial charge in [-0.25, -0.2) is 0 Å². The second-order valence-corrected chi connectivity index (χ2v) is 2.28. The number of hydrogen-bond acceptors (Lipinski definition) is 1. The third-order valence-corrected chi connectivity index (χ3v) is 1.64. The lowest BCUT2D eigenvalue weighted by Gasteiger charge is -1.93. The zero-order valence-corrected chi connectivity index (χ0v) is 8.20. The first-order chi connectivity index (χ1) is 5.33. The van der Waals surface area contributed by atoms with Crippen LogP contribution < -0.4 is 0 Å². The van der Waals surface area contributed by atoms with Gasteiger partial charge >= 0.3 is 0 Å². The van der Waals surface area contributed by atoms with Gasteiger partial charge in [0.2, 0.25) is 0 Å². The third-order valence-electron chi connectivity index (χ3n) is 1.17. The lowest BCUT2D eigenvalue weighted by atomic mass is 10.2. The van der Waals surface area contributed by atoms with Crippen molar-refractivity contribution in [3.63, 3.8) is 0 Å². The monoisotopic (exact) mass is 170 g/mol. The molecule has 1 N–H and O–H groups in total. The summed E-state index contributed by atoms with van der Waals surface area (Å²) in [5.74, 6) is 0.331. The molecular formula is C9H15OP. The fraction of sp³-hybridized carbons (Fsp3) is 0.333. The summed E-state index contributed by atoms with van der Waals surface area (Å²) < 4.78 is 0. The Hall–Kier alpha value is -0.550. The van der Waals surface area contributed by atoms with Crippen LogP contribution in [0.15, 0.2) is 24.3 Å². The molecule has 1 aromatic rings. The summed E-state index contributed by atoms with van der Waals surface area (Å²) in [6.45, 7) is 4.00. The van der Waals surface area contributed by atoms with Gasteiger partial charge in [0.05, 0.1) is 0 Å². The second kappa shape index (κ2) is 6.18. The molecule has 0 amide bonds. The highest BCUT2D eigenvalue weighted by atomic mass is 31.0. The molecule has 1 atom stereocenters. The number of aromatic hydroxyl groups is 1. The molecule has 0 aliphatic rings. The van der Waals surface area contributed by atoms with E-state index in [4.69, 9.17) is 5.11 Å². The average molecular weight is 170 g/mol. The average Bonchev–Trinajstić information content (AvgIpc) is 2.10. The van der Waals surface area contributed by atoms with Gasteiger partial charge in [-0.2, -0.15) is 0 Å². The zero-order valence-electron chi connectivity index (χ0n) is 7.04. The Kier molecular flexibility index (Phi) is 5.87. The predicted molar refractivity (Wildman–Crippen MR) is 52.9 cm³/mol. The molecule has 1 rings (SSSR count). The van der Waals surface area contributed by atoms with E-state index < -0.39 is 0 Å². The molecule has 11 heavy (non-hydrogen) atoms. The smallest absolute Gasteiger partial charge is 0.115 e. The molecular weight excluding hydrogens is 155 g/mol. The van der Waals surface area contributed by atoms with Gasteiger partial charge in [-0.15, -0.1) is 9.24 Å². The SMILES string of the molecule is CC.Oc1ccc(CP)cc1. The van der Waals surface area contributed by atoms with Gasteiger partial charge in [0.15, 0.2) is 0 Å². The number of benzene rings is 1.